The highest BCUT2D eigenvalue weighted by Crippen LogP contribution is 2.42. The van der Waals surface area contributed by atoms with Crippen molar-refractivity contribution in [2.45, 2.75) is 24.8 Å². The number of nitrogens with zero attached hydrogens (tertiary/aromatic N) is 1. The van der Waals surface area contributed by atoms with E-state index in [0.717, 1.165) is 0 Å². The van der Waals surface area contributed by atoms with Crippen LogP contribution in [0.1, 0.15) is 12.8 Å². The van der Waals surface area contributed by atoms with Gasteiger partial charge in [0, 0.05) is 0 Å². The van der Waals surface area contributed by atoms with E-state index in [1.165, 1.54) is 14.1 Å². The van der Waals surface area contributed by atoms with Gasteiger partial charge in [0.05, 0.1) is 27.1 Å². The van der Waals surface area contributed by atoms with Crippen LogP contribution in [0.25, 0.3) is 0 Å². The van der Waals surface area contributed by atoms with Gasteiger partial charge in [-0.1, -0.05) is 0 Å². The van der Waals surface area contributed by atoms with E-state index in [9.17, 15) is 17.6 Å². The number of hydrogen-bond donors (Lipinski definition) is 0. The fourth-order valence-electron chi connectivity index (χ4n) is 1.22. The zero-order valence-electron chi connectivity index (χ0n) is 7.08. The highest BCUT2D eigenvalue weighted by Gasteiger charge is 2.59. The third kappa shape index (κ3) is 1.55. The molecule has 0 bridgehead atoms. The smallest absolute Gasteiger partial charge is 0.268 e. The number of rotatable bonds is 0. The second kappa shape index (κ2) is 2.34. The molecule has 1 fully saturated rings. The van der Waals surface area contributed by atoms with E-state index >= 15 is 0 Å². The second-order valence-electron chi connectivity index (χ2n) is 3.86. The van der Waals surface area contributed by atoms with Crippen molar-refractivity contribution in [3.8, 4) is 0 Å². The fourth-order valence-corrected chi connectivity index (χ4v) is 1.22. The molecule has 0 unspecified atom stereocenters. The highest BCUT2D eigenvalue weighted by molar-refractivity contribution is 4.76. The highest BCUT2D eigenvalue weighted by atomic mass is 19.3. The molecular weight excluding hydrogens is 174 g/mol. The van der Waals surface area contributed by atoms with Crippen LogP contribution >= 0.6 is 0 Å². The molecule has 0 saturated carbocycles. The molecule has 1 rings (SSSR count). The van der Waals surface area contributed by atoms with Gasteiger partial charge in [-0.3, -0.25) is 4.48 Å². The standard InChI is InChI=1S/C7H12F4N/c1-12(2)4-3-6(8,9)5-7(12,10)11/h3-5H2,1-2H3/q+1. The van der Waals surface area contributed by atoms with Gasteiger partial charge in [0.2, 0.25) is 0 Å². The first kappa shape index (κ1) is 9.77. The molecular formula is C7H12F4N+. The van der Waals surface area contributed by atoms with Crippen molar-refractivity contribution < 1.29 is 22.0 Å². The minimum Gasteiger partial charge on any atom is -0.268 e. The van der Waals surface area contributed by atoms with Crippen LogP contribution in [0, 0.1) is 0 Å². The molecule has 0 spiro atoms. The van der Waals surface area contributed by atoms with Crippen LogP contribution in [0.3, 0.4) is 0 Å². The van der Waals surface area contributed by atoms with Crippen molar-refractivity contribution in [3.05, 3.63) is 0 Å². The number of quaternary nitrogens is 1. The van der Waals surface area contributed by atoms with E-state index in [2.05, 4.69) is 0 Å². The molecule has 1 nitrogen and oxygen atoms in total. The average Bonchev–Trinajstić information content (AvgIpc) is 1.79. The summed E-state index contributed by atoms with van der Waals surface area (Å²) in [6.45, 7) is -0.181. The van der Waals surface area contributed by atoms with Gasteiger partial charge in [-0.05, 0) is 0 Å². The third-order valence-corrected chi connectivity index (χ3v) is 2.39. The van der Waals surface area contributed by atoms with Crippen LogP contribution in [0.15, 0.2) is 0 Å². The van der Waals surface area contributed by atoms with Crippen molar-refractivity contribution in [3.63, 3.8) is 0 Å². The second-order valence-corrected chi connectivity index (χ2v) is 3.86. The maximum Gasteiger partial charge on any atom is 0.395 e. The van der Waals surface area contributed by atoms with E-state index in [1.54, 1.807) is 0 Å². The fraction of sp³-hybridized carbons (Fsp3) is 1.00. The third-order valence-electron chi connectivity index (χ3n) is 2.39. The molecule has 0 aliphatic carbocycles. The summed E-state index contributed by atoms with van der Waals surface area (Å²) in [7, 11) is 2.55. The molecule has 72 valence electrons. The van der Waals surface area contributed by atoms with Gasteiger partial charge in [0.15, 0.2) is 0 Å². The number of hydrogen-bond acceptors (Lipinski definition) is 0. The Balaban J connectivity index is 2.82. The molecule has 0 N–H and O–H groups in total. The summed E-state index contributed by atoms with van der Waals surface area (Å²) in [5.74, 6) is -3.20. The maximum atomic E-state index is 13.0. The molecule has 1 aliphatic heterocycles. The van der Waals surface area contributed by atoms with E-state index in [-0.39, 0.29) is 6.54 Å². The van der Waals surface area contributed by atoms with Gasteiger partial charge < -0.3 is 0 Å². The predicted octanol–water partition coefficient (Wildman–Crippen LogP) is 2.08. The van der Waals surface area contributed by atoms with Gasteiger partial charge in [0.1, 0.15) is 6.42 Å². The van der Waals surface area contributed by atoms with Crippen molar-refractivity contribution in [1.82, 2.24) is 0 Å². The van der Waals surface area contributed by atoms with E-state index < -0.39 is 29.3 Å². The predicted molar refractivity (Wildman–Crippen MR) is 36.1 cm³/mol. The Bertz CT molecular complexity index is 188. The molecule has 0 radical (unpaired) electrons. The summed E-state index contributed by atoms with van der Waals surface area (Å²) in [5, 5.41) is 0. The Morgan fingerprint density at radius 3 is 1.92 bits per heavy atom. The topological polar surface area (TPSA) is 0 Å². The zero-order chi connectivity index (χ0) is 9.62. The lowest BCUT2D eigenvalue weighted by molar-refractivity contribution is -0.985. The lowest BCUT2D eigenvalue weighted by Gasteiger charge is -2.42. The summed E-state index contributed by atoms with van der Waals surface area (Å²) >= 11 is 0. The number of halogens is 4. The molecule has 1 aliphatic rings. The summed E-state index contributed by atoms with van der Waals surface area (Å²) in [5.41, 5.74) is 0. The molecule has 0 atom stereocenters. The Kier molecular flexibility index (Phi) is 1.90. The van der Waals surface area contributed by atoms with E-state index in [4.69, 9.17) is 0 Å². The molecule has 0 aromatic rings. The van der Waals surface area contributed by atoms with Crippen molar-refractivity contribution in [2.75, 3.05) is 20.6 Å². The van der Waals surface area contributed by atoms with Crippen LogP contribution in [-0.4, -0.2) is 37.1 Å². The maximum absolute atomic E-state index is 13.0. The first-order chi connectivity index (χ1) is 5.16. The van der Waals surface area contributed by atoms with Crippen LogP contribution in [-0.2, 0) is 0 Å². The molecule has 1 saturated heterocycles. The Morgan fingerprint density at radius 1 is 1.08 bits per heavy atom. The van der Waals surface area contributed by atoms with Gasteiger partial charge >= 0.3 is 6.05 Å². The van der Waals surface area contributed by atoms with Gasteiger partial charge in [-0.25, -0.2) is 8.78 Å². The monoisotopic (exact) mass is 186 g/mol. The van der Waals surface area contributed by atoms with E-state index in [1.807, 2.05) is 0 Å². The molecule has 1 heterocycles. The number of likely N-dealkylation sites (tertiary alicyclic amines) is 1. The Morgan fingerprint density at radius 2 is 1.58 bits per heavy atom. The average molecular weight is 186 g/mol. The van der Waals surface area contributed by atoms with Crippen LogP contribution < -0.4 is 0 Å². The number of alkyl halides is 4. The summed E-state index contributed by atoms with van der Waals surface area (Å²) < 4.78 is 50.4. The van der Waals surface area contributed by atoms with Crippen molar-refractivity contribution in [2.24, 2.45) is 0 Å². The van der Waals surface area contributed by atoms with Crippen LogP contribution in [0.5, 0.6) is 0 Å². The lowest BCUT2D eigenvalue weighted by Crippen LogP contribution is -2.61. The van der Waals surface area contributed by atoms with Crippen LogP contribution in [0.2, 0.25) is 0 Å². The van der Waals surface area contributed by atoms with E-state index in [0.29, 0.717) is 0 Å². The molecule has 0 aromatic carbocycles. The first-order valence-corrected chi connectivity index (χ1v) is 3.75. The van der Waals surface area contributed by atoms with Gasteiger partial charge in [-0.2, -0.15) is 0 Å². The SMILES string of the molecule is C[N+]1(C)CCC(F)(F)CC1(F)F. The molecule has 12 heavy (non-hydrogen) atoms. The largest absolute Gasteiger partial charge is 0.395 e. The van der Waals surface area contributed by atoms with Crippen molar-refractivity contribution >= 4 is 0 Å². The normalized spacial score (nSPS) is 31.5. The van der Waals surface area contributed by atoms with Gasteiger partial charge in [0.25, 0.3) is 5.92 Å². The van der Waals surface area contributed by atoms with Crippen LogP contribution in [0.4, 0.5) is 17.6 Å². The van der Waals surface area contributed by atoms with Crippen molar-refractivity contribution in [1.29, 1.82) is 0 Å². The molecule has 0 amide bonds. The first-order valence-electron chi connectivity index (χ1n) is 3.75. The number of piperidine rings is 1. The summed E-state index contributed by atoms with van der Waals surface area (Å²) in [6.07, 6.45) is -1.78. The molecule has 0 aromatic heterocycles. The molecule has 5 heteroatoms. The summed E-state index contributed by atoms with van der Waals surface area (Å²) in [6, 6.07) is -3.30. The minimum absolute atomic E-state index is 0.181. The quantitative estimate of drug-likeness (QED) is 0.308. The summed E-state index contributed by atoms with van der Waals surface area (Å²) in [4.78, 5) is 0. The van der Waals surface area contributed by atoms with Gasteiger partial charge in [-0.15, -0.1) is 8.78 Å². The minimum atomic E-state index is -3.30. The Hall–Kier alpha value is -0.320. The lowest BCUT2D eigenvalue weighted by atomic mass is 10.0. The zero-order valence-corrected chi connectivity index (χ0v) is 7.08. The Labute approximate surface area is 68.6 Å².